The third-order valence-corrected chi connectivity index (χ3v) is 4.37. The highest BCUT2D eigenvalue weighted by atomic mass is 32.1. The molecule has 21 heavy (non-hydrogen) atoms. The van der Waals surface area contributed by atoms with E-state index in [4.69, 9.17) is 4.42 Å². The highest BCUT2D eigenvalue weighted by Gasteiger charge is 2.20. The van der Waals surface area contributed by atoms with Crippen LogP contribution in [-0.4, -0.2) is 35.3 Å². The number of nitrogens with one attached hydrogen (secondary N) is 1. The predicted molar refractivity (Wildman–Crippen MR) is 78.4 cm³/mol. The van der Waals surface area contributed by atoms with Gasteiger partial charge in [-0.15, -0.1) is 11.3 Å². The van der Waals surface area contributed by atoms with Crippen molar-refractivity contribution in [3.05, 3.63) is 34.7 Å². The lowest BCUT2D eigenvalue weighted by atomic mass is 10.4. The zero-order valence-corrected chi connectivity index (χ0v) is 12.4. The monoisotopic (exact) mass is 305 g/mol. The maximum absolute atomic E-state index is 12.0. The number of rotatable bonds is 4. The number of hydrogen-bond acceptors (Lipinski definition) is 5. The first-order chi connectivity index (χ1) is 10.1. The molecule has 2 aromatic rings. The Kier molecular flexibility index (Phi) is 3.74. The van der Waals surface area contributed by atoms with Crippen molar-refractivity contribution in [3.63, 3.8) is 0 Å². The summed E-state index contributed by atoms with van der Waals surface area (Å²) in [5.74, 6) is -0.361. The molecule has 0 aliphatic heterocycles. The van der Waals surface area contributed by atoms with E-state index in [1.807, 2.05) is 0 Å². The van der Waals surface area contributed by atoms with Crippen molar-refractivity contribution < 1.29 is 14.0 Å². The summed E-state index contributed by atoms with van der Waals surface area (Å²) in [6, 6.07) is 3.21. The van der Waals surface area contributed by atoms with Gasteiger partial charge in [-0.2, -0.15) is 0 Å². The average molecular weight is 305 g/mol. The van der Waals surface area contributed by atoms with Gasteiger partial charge in [0, 0.05) is 11.9 Å². The van der Waals surface area contributed by atoms with Gasteiger partial charge in [-0.05, 0) is 31.4 Å². The second-order valence-corrected chi connectivity index (χ2v) is 6.01. The van der Waals surface area contributed by atoms with Gasteiger partial charge in [0.05, 0.1) is 12.0 Å². The van der Waals surface area contributed by atoms with Gasteiger partial charge < -0.3 is 14.6 Å². The van der Waals surface area contributed by atoms with Gasteiger partial charge in [0.15, 0.2) is 10.9 Å². The molecule has 0 unspecified atom stereocenters. The van der Waals surface area contributed by atoms with E-state index in [0.717, 1.165) is 25.0 Å². The number of fused-ring (bicyclic) bond motifs is 1. The van der Waals surface area contributed by atoms with Crippen molar-refractivity contribution in [2.24, 2.45) is 0 Å². The summed E-state index contributed by atoms with van der Waals surface area (Å²) in [6.07, 6.45) is 4.60. The normalized spacial score (nSPS) is 13.0. The van der Waals surface area contributed by atoms with E-state index in [0.29, 0.717) is 5.13 Å². The van der Waals surface area contributed by atoms with Crippen LogP contribution in [0.3, 0.4) is 0 Å². The maximum atomic E-state index is 12.0. The molecule has 6 nitrogen and oxygen atoms in total. The van der Waals surface area contributed by atoms with E-state index < -0.39 is 0 Å². The molecule has 1 aliphatic rings. The van der Waals surface area contributed by atoms with Crippen LogP contribution in [0.1, 0.15) is 27.5 Å². The Morgan fingerprint density at radius 2 is 2.33 bits per heavy atom. The molecule has 7 heteroatoms. The topological polar surface area (TPSA) is 75.4 Å². The minimum atomic E-state index is -0.322. The number of thiazole rings is 1. The van der Waals surface area contributed by atoms with E-state index in [-0.39, 0.29) is 24.1 Å². The predicted octanol–water partition coefficient (Wildman–Crippen LogP) is 1.94. The molecule has 0 aromatic carbocycles. The fourth-order valence-electron chi connectivity index (χ4n) is 2.28. The summed E-state index contributed by atoms with van der Waals surface area (Å²) in [5, 5.41) is 3.36. The minimum absolute atomic E-state index is 0.0379. The molecule has 2 heterocycles. The third-order valence-electron chi connectivity index (χ3n) is 3.30. The number of carbonyl (C=O) groups is 2. The first-order valence-electron chi connectivity index (χ1n) is 6.71. The number of carbonyl (C=O) groups excluding carboxylic acids is 2. The Morgan fingerprint density at radius 1 is 1.48 bits per heavy atom. The summed E-state index contributed by atoms with van der Waals surface area (Å²) >= 11 is 1.52. The summed E-state index contributed by atoms with van der Waals surface area (Å²) in [6.45, 7) is -0.0379. The number of furan rings is 1. The van der Waals surface area contributed by atoms with Gasteiger partial charge in [0.2, 0.25) is 5.91 Å². The van der Waals surface area contributed by atoms with Crippen LogP contribution >= 0.6 is 11.3 Å². The van der Waals surface area contributed by atoms with E-state index in [9.17, 15) is 9.59 Å². The summed E-state index contributed by atoms with van der Waals surface area (Å²) in [4.78, 5) is 30.9. The Morgan fingerprint density at radius 3 is 3.05 bits per heavy atom. The first kappa shape index (κ1) is 13.8. The second-order valence-electron chi connectivity index (χ2n) is 4.93. The van der Waals surface area contributed by atoms with Crippen LogP contribution < -0.4 is 5.32 Å². The van der Waals surface area contributed by atoms with Crippen LogP contribution in [0.2, 0.25) is 0 Å². The van der Waals surface area contributed by atoms with Crippen molar-refractivity contribution >= 4 is 28.3 Å². The largest absolute Gasteiger partial charge is 0.459 e. The average Bonchev–Trinajstić information content (AvgIpc) is 3.13. The molecule has 0 spiro atoms. The molecule has 1 aliphatic carbocycles. The smallest absolute Gasteiger partial charge is 0.289 e. The lowest BCUT2D eigenvalue weighted by molar-refractivity contribution is -0.116. The quantitative estimate of drug-likeness (QED) is 0.936. The van der Waals surface area contributed by atoms with Gasteiger partial charge in [0.25, 0.3) is 5.91 Å². The number of amides is 2. The summed E-state index contributed by atoms with van der Waals surface area (Å²) in [5.41, 5.74) is 1.09. The van der Waals surface area contributed by atoms with Crippen LogP contribution in [-0.2, 0) is 17.6 Å². The summed E-state index contributed by atoms with van der Waals surface area (Å²) in [7, 11) is 1.56. The number of aryl methyl sites for hydroxylation is 2. The molecular formula is C14H15N3O3S. The molecule has 0 fully saturated rings. The lowest BCUT2D eigenvalue weighted by Crippen LogP contribution is -2.34. The number of hydrogen-bond donors (Lipinski definition) is 1. The van der Waals surface area contributed by atoms with Crippen LogP contribution in [0.5, 0.6) is 0 Å². The van der Waals surface area contributed by atoms with E-state index in [1.54, 1.807) is 19.2 Å². The van der Waals surface area contributed by atoms with E-state index >= 15 is 0 Å². The molecule has 3 rings (SSSR count). The fourth-order valence-corrected chi connectivity index (χ4v) is 3.34. The minimum Gasteiger partial charge on any atom is -0.459 e. The number of nitrogens with zero attached hydrogens (tertiary/aromatic N) is 2. The van der Waals surface area contributed by atoms with Crippen molar-refractivity contribution in [3.8, 4) is 0 Å². The van der Waals surface area contributed by atoms with Gasteiger partial charge in [-0.25, -0.2) is 4.98 Å². The van der Waals surface area contributed by atoms with E-state index in [1.165, 1.54) is 27.4 Å². The number of likely N-dealkylation sites (N-methyl/N-ethyl adjacent to an activating group) is 1. The Hall–Kier alpha value is -2.15. The molecule has 0 saturated carbocycles. The molecule has 0 saturated heterocycles. The van der Waals surface area contributed by atoms with Gasteiger partial charge >= 0.3 is 0 Å². The SMILES string of the molecule is CN(CC(=O)Nc1nc2c(s1)CCC2)C(=O)c1ccco1. The highest BCUT2D eigenvalue weighted by Crippen LogP contribution is 2.30. The Labute approximate surface area is 125 Å². The molecule has 0 atom stereocenters. The molecule has 110 valence electrons. The van der Waals surface area contributed by atoms with Crippen LogP contribution in [0.4, 0.5) is 5.13 Å². The van der Waals surface area contributed by atoms with Crippen LogP contribution in [0.25, 0.3) is 0 Å². The molecule has 2 aromatic heterocycles. The fraction of sp³-hybridized carbons (Fsp3) is 0.357. The van der Waals surface area contributed by atoms with Crippen LogP contribution in [0.15, 0.2) is 22.8 Å². The third kappa shape index (κ3) is 2.97. The van der Waals surface area contributed by atoms with E-state index in [2.05, 4.69) is 10.3 Å². The van der Waals surface area contributed by atoms with Crippen molar-refractivity contribution in [1.29, 1.82) is 0 Å². The molecule has 1 N–H and O–H groups in total. The maximum Gasteiger partial charge on any atom is 0.289 e. The number of anilines is 1. The van der Waals surface area contributed by atoms with Gasteiger partial charge in [0.1, 0.15) is 6.54 Å². The van der Waals surface area contributed by atoms with Crippen molar-refractivity contribution in [2.75, 3.05) is 18.9 Å². The van der Waals surface area contributed by atoms with Gasteiger partial charge in [-0.1, -0.05) is 0 Å². The van der Waals surface area contributed by atoms with Crippen molar-refractivity contribution in [2.45, 2.75) is 19.3 Å². The Balaban J connectivity index is 1.57. The first-order valence-corrected chi connectivity index (χ1v) is 7.52. The van der Waals surface area contributed by atoms with Gasteiger partial charge in [-0.3, -0.25) is 9.59 Å². The molecule has 0 bridgehead atoms. The standard InChI is InChI=1S/C14H15N3O3S/c1-17(13(19)10-5-3-7-20-10)8-12(18)16-14-15-9-4-2-6-11(9)21-14/h3,5,7H,2,4,6,8H2,1H3,(H,15,16,18). The number of aromatic nitrogens is 1. The highest BCUT2D eigenvalue weighted by molar-refractivity contribution is 7.15. The molecular weight excluding hydrogens is 290 g/mol. The summed E-state index contributed by atoms with van der Waals surface area (Å²) < 4.78 is 5.02. The zero-order valence-electron chi connectivity index (χ0n) is 11.6. The van der Waals surface area contributed by atoms with Crippen LogP contribution in [0, 0.1) is 0 Å². The Bertz CT molecular complexity index is 642. The zero-order chi connectivity index (χ0) is 14.8. The van der Waals surface area contributed by atoms with Crippen molar-refractivity contribution in [1.82, 2.24) is 9.88 Å². The second kappa shape index (κ2) is 5.69. The lowest BCUT2D eigenvalue weighted by Gasteiger charge is -2.14. The molecule has 2 amide bonds. The molecule has 0 radical (unpaired) electrons.